The van der Waals surface area contributed by atoms with Crippen LogP contribution in [0.25, 0.3) is 0 Å². The Bertz CT molecular complexity index is 123. The van der Waals surface area contributed by atoms with Crippen LogP contribution < -0.4 is 0 Å². The summed E-state index contributed by atoms with van der Waals surface area (Å²) in [5, 5.41) is 0. The summed E-state index contributed by atoms with van der Waals surface area (Å²) in [5.41, 5.74) is 0. The summed E-state index contributed by atoms with van der Waals surface area (Å²) in [6, 6.07) is 0. The Morgan fingerprint density at radius 2 is 2.33 bits per heavy atom. The van der Waals surface area contributed by atoms with E-state index in [-0.39, 0.29) is 5.78 Å². The van der Waals surface area contributed by atoms with Crippen molar-refractivity contribution in [2.24, 2.45) is 5.92 Å². The van der Waals surface area contributed by atoms with Crippen LogP contribution in [0.5, 0.6) is 0 Å². The minimum atomic E-state index is 0.196. The van der Waals surface area contributed by atoms with E-state index in [1.54, 1.807) is 0 Å². The van der Waals surface area contributed by atoms with Crippen LogP contribution in [-0.4, -0.2) is 5.78 Å². The standard InChI is InChI=1S/C8H12O/c1-2-8(9)6-5-7-3-4-7/h2,7H,1,3-6H2. The molecular formula is C8H12O. The third kappa shape index (κ3) is 2.45. The fourth-order valence-corrected chi connectivity index (χ4v) is 0.855. The van der Waals surface area contributed by atoms with Gasteiger partial charge in [-0.15, -0.1) is 0 Å². The average molecular weight is 124 g/mol. The lowest BCUT2D eigenvalue weighted by Crippen LogP contribution is -1.91. The van der Waals surface area contributed by atoms with Crippen LogP contribution in [0, 0.1) is 5.92 Å². The SMILES string of the molecule is C=CC(=O)CCC1CC1. The molecule has 0 heterocycles. The van der Waals surface area contributed by atoms with Gasteiger partial charge in [-0.1, -0.05) is 19.4 Å². The topological polar surface area (TPSA) is 17.1 Å². The molecule has 0 aromatic heterocycles. The quantitative estimate of drug-likeness (QED) is 0.523. The van der Waals surface area contributed by atoms with E-state index in [0.29, 0.717) is 6.42 Å². The molecule has 1 rings (SSSR count). The monoisotopic (exact) mass is 124 g/mol. The molecule has 0 N–H and O–H groups in total. The van der Waals surface area contributed by atoms with Gasteiger partial charge in [0.15, 0.2) is 5.78 Å². The van der Waals surface area contributed by atoms with Crippen molar-refractivity contribution in [3.05, 3.63) is 12.7 Å². The summed E-state index contributed by atoms with van der Waals surface area (Å²) in [4.78, 5) is 10.6. The van der Waals surface area contributed by atoms with Gasteiger partial charge in [0.25, 0.3) is 0 Å². The van der Waals surface area contributed by atoms with Gasteiger partial charge in [-0.05, 0) is 18.4 Å². The van der Waals surface area contributed by atoms with Gasteiger partial charge >= 0.3 is 0 Å². The predicted molar refractivity (Wildman–Crippen MR) is 37.2 cm³/mol. The van der Waals surface area contributed by atoms with Crippen LogP contribution in [-0.2, 0) is 4.79 Å². The van der Waals surface area contributed by atoms with Gasteiger partial charge < -0.3 is 0 Å². The van der Waals surface area contributed by atoms with Crippen molar-refractivity contribution >= 4 is 5.78 Å². The van der Waals surface area contributed by atoms with E-state index < -0.39 is 0 Å². The zero-order chi connectivity index (χ0) is 6.69. The molecule has 0 spiro atoms. The number of hydrogen-bond donors (Lipinski definition) is 0. The molecule has 0 unspecified atom stereocenters. The molecule has 0 bridgehead atoms. The number of carbonyl (C=O) groups excluding carboxylic acids is 1. The molecule has 1 aliphatic carbocycles. The maximum atomic E-state index is 10.6. The number of ketones is 1. The fraction of sp³-hybridized carbons (Fsp3) is 0.625. The minimum absolute atomic E-state index is 0.196. The number of carbonyl (C=O) groups is 1. The maximum absolute atomic E-state index is 10.6. The third-order valence-electron chi connectivity index (χ3n) is 1.72. The Morgan fingerprint density at radius 3 is 2.78 bits per heavy atom. The second kappa shape index (κ2) is 2.81. The molecule has 0 atom stereocenters. The lowest BCUT2D eigenvalue weighted by molar-refractivity contribution is -0.114. The molecule has 1 nitrogen and oxygen atoms in total. The summed E-state index contributed by atoms with van der Waals surface area (Å²) in [5.74, 6) is 1.07. The Labute approximate surface area is 55.8 Å². The Kier molecular flexibility index (Phi) is 2.04. The molecule has 0 aromatic rings. The highest BCUT2D eigenvalue weighted by Crippen LogP contribution is 2.33. The lowest BCUT2D eigenvalue weighted by atomic mass is 10.1. The second-order valence-electron chi connectivity index (χ2n) is 2.65. The zero-order valence-corrected chi connectivity index (χ0v) is 5.60. The Balaban J connectivity index is 2.02. The summed E-state index contributed by atoms with van der Waals surface area (Å²) in [6.07, 6.45) is 5.90. The first kappa shape index (κ1) is 6.53. The summed E-state index contributed by atoms with van der Waals surface area (Å²) >= 11 is 0. The zero-order valence-electron chi connectivity index (χ0n) is 5.60. The normalized spacial score (nSPS) is 17.3. The maximum Gasteiger partial charge on any atom is 0.155 e. The molecule has 9 heavy (non-hydrogen) atoms. The van der Waals surface area contributed by atoms with Crippen molar-refractivity contribution in [3.63, 3.8) is 0 Å². The molecule has 0 aliphatic heterocycles. The molecule has 50 valence electrons. The van der Waals surface area contributed by atoms with E-state index in [0.717, 1.165) is 12.3 Å². The van der Waals surface area contributed by atoms with Crippen molar-refractivity contribution in [1.82, 2.24) is 0 Å². The highest BCUT2D eigenvalue weighted by atomic mass is 16.1. The number of hydrogen-bond acceptors (Lipinski definition) is 1. The van der Waals surface area contributed by atoms with E-state index >= 15 is 0 Å². The van der Waals surface area contributed by atoms with E-state index in [1.165, 1.54) is 18.9 Å². The second-order valence-corrected chi connectivity index (χ2v) is 2.65. The van der Waals surface area contributed by atoms with E-state index in [4.69, 9.17) is 0 Å². The highest BCUT2D eigenvalue weighted by Gasteiger charge is 2.20. The third-order valence-corrected chi connectivity index (χ3v) is 1.72. The predicted octanol–water partition coefficient (Wildman–Crippen LogP) is 1.93. The molecule has 0 aromatic carbocycles. The molecular weight excluding hydrogens is 112 g/mol. The summed E-state index contributed by atoms with van der Waals surface area (Å²) in [7, 11) is 0. The van der Waals surface area contributed by atoms with Gasteiger partial charge in [0.2, 0.25) is 0 Å². The van der Waals surface area contributed by atoms with E-state index in [2.05, 4.69) is 6.58 Å². The fourth-order valence-electron chi connectivity index (χ4n) is 0.855. The first-order chi connectivity index (χ1) is 4.33. The molecule has 1 fully saturated rings. The van der Waals surface area contributed by atoms with Crippen LogP contribution in [0.15, 0.2) is 12.7 Å². The largest absolute Gasteiger partial charge is 0.295 e. The van der Waals surface area contributed by atoms with Gasteiger partial charge in [0.1, 0.15) is 0 Å². The van der Waals surface area contributed by atoms with Crippen LogP contribution in [0.3, 0.4) is 0 Å². The minimum Gasteiger partial charge on any atom is -0.295 e. The van der Waals surface area contributed by atoms with Crippen LogP contribution in [0.2, 0.25) is 0 Å². The lowest BCUT2D eigenvalue weighted by Gasteiger charge is -1.90. The van der Waals surface area contributed by atoms with Crippen molar-refractivity contribution in [2.75, 3.05) is 0 Å². The van der Waals surface area contributed by atoms with Gasteiger partial charge in [-0.3, -0.25) is 4.79 Å². The first-order valence-corrected chi connectivity index (χ1v) is 3.48. The molecule has 1 aliphatic rings. The molecule has 0 radical (unpaired) electrons. The first-order valence-electron chi connectivity index (χ1n) is 3.48. The summed E-state index contributed by atoms with van der Waals surface area (Å²) < 4.78 is 0. The van der Waals surface area contributed by atoms with Crippen molar-refractivity contribution in [3.8, 4) is 0 Å². The highest BCUT2D eigenvalue weighted by molar-refractivity contribution is 5.88. The van der Waals surface area contributed by atoms with Crippen molar-refractivity contribution < 1.29 is 4.79 Å². The van der Waals surface area contributed by atoms with Gasteiger partial charge in [0, 0.05) is 6.42 Å². The average Bonchev–Trinajstić information content (AvgIpc) is 2.65. The summed E-state index contributed by atoms with van der Waals surface area (Å²) in [6.45, 7) is 3.41. The van der Waals surface area contributed by atoms with Crippen LogP contribution >= 0.6 is 0 Å². The van der Waals surface area contributed by atoms with Gasteiger partial charge in [-0.2, -0.15) is 0 Å². The van der Waals surface area contributed by atoms with Crippen LogP contribution in [0.4, 0.5) is 0 Å². The molecule has 0 saturated heterocycles. The van der Waals surface area contributed by atoms with E-state index in [9.17, 15) is 4.79 Å². The number of allylic oxidation sites excluding steroid dienone is 1. The Hall–Kier alpha value is -0.590. The molecule has 1 saturated carbocycles. The van der Waals surface area contributed by atoms with Crippen LogP contribution in [0.1, 0.15) is 25.7 Å². The molecule has 1 heteroatoms. The Morgan fingerprint density at radius 1 is 1.67 bits per heavy atom. The van der Waals surface area contributed by atoms with Crippen molar-refractivity contribution in [2.45, 2.75) is 25.7 Å². The van der Waals surface area contributed by atoms with Crippen molar-refractivity contribution in [1.29, 1.82) is 0 Å². The number of rotatable bonds is 4. The van der Waals surface area contributed by atoms with Gasteiger partial charge in [-0.25, -0.2) is 0 Å². The van der Waals surface area contributed by atoms with Gasteiger partial charge in [0.05, 0.1) is 0 Å². The van der Waals surface area contributed by atoms with E-state index in [1.807, 2.05) is 0 Å². The molecule has 0 amide bonds. The smallest absolute Gasteiger partial charge is 0.155 e.